The molecule has 5 nitrogen and oxygen atoms in total. The number of benzene rings is 2. The molecular formula is C21H20ClN4O+. The number of aryl methyl sites for hydroxylation is 2. The zero-order chi connectivity index (χ0) is 19.4. The van der Waals surface area contributed by atoms with Crippen molar-refractivity contribution in [3.05, 3.63) is 69.7 Å². The largest absolute Gasteiger partial charge is 0.348 e. The van der Waals surface area contributed by atoms with E-state index in [9.17, 15) is 10.1 Å². The zero-order valence-corrected chi connectivity index (χ0v) is 15.9. The monoisotopic (exact) mass is 379 g/mol. The molecule has 6 heteroatoms. The molecule has 0 unspecified atom stereocenters. The number of carbonyl (C=O) groups is 1. The Balaban J connectivity index is 1.67. The fourth-order valence-electron chi connectivity index (χ4n) is 2.99. The number of aromatic amines is 1. The maximum Gasteiger partial charge on any atom is 0.290 e. The third kappa shape index (κ3) is 4.36. The van der Waals surface area contributed by atoms with Crippen molar-refractivity contribution >= 4 is 34.2 Å². The second-order valence-corrected chi connectivity index (χ2v) is 6.84. The van der Waals surface area contributed by atoms with Crippen LogP contribution >= 0.6 is 11.6 Å². The summed E-state index contributed by atoms with van der Waals surface area (Å²) in [6, 6.07) is 15.0. The third-order valence-corrected chi connectivity index (χ3v) is 4.54. The lowest BCUT2D eigenvalue weighted by atomic mass is 10.0. The van der Waals surface area contributed by atoms with Gasteiger partial charge in [0.25, 0.3) is 11.7 Å². The van der Waals surface area contributed by atoms with Gasteiger partial charge in [-0.1, -0.05) is 17.7 Å². The number of fused-ring (bicyclic) bond motifs is 1. The smallest absolute Gasteiger partial charge is 0.290 e. The van der Waals surface area contributed by atoms with Gasteiger partial charge in [0.15, 0.2) is 0 Å². The van der Waals surface area contributed by atoms with E-state index >= 15 is 0 Å². The average molecular weight is 380 g/mol. The SMILES string of the molecule is Cc1cc(C)c2cc(C#N)c(NCCNC(=O)c3ccc(Cl)cc3)[nH+]c2c1. The van der Waals surface area contributed by atoms with Crippen LogP contribution in [0.25, 0.3) is 10.9 Å². The molecule has 3 N–H and O–H groups in total. The Morgan fingerprint density at radius 2 is 1.89 bits per heavy atom. The highest BCUT2D eigenvalue weighted by atomic mass is 35.5. The van der Waals surface area contributed by atoms with E-state index in [1.165, 1.54) is 0 Å². The molecule has 0 aliphatic rings. The van der Waals surface area contributed by atoms with Crippen LogP contribution in [0, 0.1) is 25.2 Å². The van der Waals surface area contributed by atoms with Crippen molar-refractivity contribution in [3.8, 4) is 6.07 Å². The lowest BCUT2D eigenvalue weighted by molar-refractivity contribution is -0.327. The number of hydrogen-bond acceptors (Lipinski definition) is 3. The molecule has 0 aliphatic carbocycles. The highest BCUT2D eigenvalue weighted by Crippen LogP contribution is 2.21. The fraction of sp³-hybridized carbons (Fsp3) is 0.190. The van der Waals surface area contributed by atoms with E-state index in [1.54, 1.807) is 24.3 Å². The Kier molecular flexibility index (Phi) is 5.58. The predicted octanol–water partition coefficient (Wildman–Crippen LogP) is 3.64. The summed E-state index contributed by atoms with van der Waals surface area (Å²) >= 11 is 5.83. The van der Waals surface area contributed by atoms with Crippen LogP contribution in [0.4, 0.5) is 5.82 Å². The minimum atomic E-state index is -0.164. The van der Waals surface area contributed by atoms with Crippen LogP contribution in [0.5, 0.6) is 0 Å². The van der Waals surface area contributed by atoms with Crippen molar-refractivity contribution in [1.82, 2.24) is 5.32 Å². The molecule has 0 bridgehead atoms. The van der Waals surface area contributed by atoms with Crippen LogP contribution in [0.2, 0.25) is 5.02 Å². The second kappa shape index (κ2) is 8.07. The number of rotatable bonds is 5. The van der Waals surface area contributed by atoms with E-state index in [2.05, 4.69) is 33.8 Å². The number of nitrogens with one attached hydrogen (secondary N) is 3. The molecule has 3 rings (SSSR count). The molecule has 27 heavy (non-hydrogen) atoms. The van der Waals surface area contributed by atoms with Gasteiger partial charge < -0.3 is 5.32 Å². The van der Waals surface area contributed by atoms with Crippen molar-refractivity contribution < 1.29 is 9.78 Å². The first-order chi connectivity index (χ1) is 13.0. The van der Waals surface area contributed by atoms with E-state index in [0.717, 1.165) is 22.0 Å². The molecule has 1 amide bonds. The van der Waals surface area contributed by atoms with Crippen LogP contribution in [0.1, 0.15) is 27.0 Å². The Morgan fingerprint density at radius 1 is 1.15 bits per heavy atom. The first kappa shape index (κ1) is 18.7. The van der Waals surface area contributed by atoms with Gasteiger partial charge in [-0.25, -0.2) is 4.98 Å². The summed E-state index contributed by atoms with van der Waals surface area (Å²) < 4.78 is 0. The summed E-state index contributed by atoms with van der Waals surface area (Å²) in [5.74, 6) is 0.485. The van der Waals surface area contributed by atoms with Crippen LogP contribution in [0.15, 0.2) is 42.5 Å². The van der Waals surface area contributed by atoms with Crippen molar-refractivity contribution in [2.75, 3.05) is 18.4 Å². The number of pyridine rings is 1. The fourth-order valence-corrected chi connectivity index (χ4v) is 3.11. The van der Waals surface area contributed by atoms with Gasteiger partial charge in [-0.05, 0) is 61.4 Å². The molecule has 0 saturated carbocycles. The summed E-state index contributed by atoms with van der Waals surface area (Å²) in [5.41, 5.74) is 4.35. The second-order valence-electron chi connectivity index (χ2n) is 6.40. The van der Waals surface area contributed by atoms with Gasteiger partial charge >= 0.3 is 0 Å². The van der Waals surface area contributed by atoms with Crippen LogP contribution < -0.4 is 15.6 Å². The van der Waals surface area contributed by atoms with Crippen molar-refractivity contribution in [1.29, 1.82) is 5.26 Å². The summed E-state index contributed by atoms with van der Waals surface area (Å²) in [6.07, 6.45) is 0. The van der Waals surface area contributed by atoms with E-state index in [0.29, 0.717) is 35.1 Å². The Hall–Kier alpha value is -3.10. The number of amides is 1. The van der Waals surface area contributed by atoms with Gasteiger partial charge in [0.1, 0.15) is 23.7 Å². The standard InChI is InChI=1S/C21H19ClN4O/c1-13-9-14(2)18-11-16(12-23)20(26-19(18)10-13)24-7-8-25-21(27)15-3-5-17(22)6-4-15/h3-6,9-11H,7-8H2,1-2H3,(H,24,26)(H,25,27)/p+1. The molecule has 0 atom stereocenters. The molecule has 136 valence electrons. The van der Waals surface area contributed by atoms with Crippen LogP contribution in [0.3, 0.4) is 0 Å². The summed E-state index contributed by atoms with van der Waals surface area (Å²) in [6.45, 7) is 4.98. The summed E-state index contributed by atoms with van der Waals surface area (Å²) in [7, 11) is 0. The number of aromatic nitrogens is 1. The highest BCUT2D eigenvalue weighted by Gasteiger charge is 2.14. The highest BCUT2D eigenvalue weighted by molar-refractivity contribution is 6.30. The minimum Gasteiger partial charge on any atom is -0.348 e. The molecule has 1 heterocycles. The predicted molar refractivity (Wildman–Crippen MR) is 107 cm³/mol. The number of halogens is 1. The third-order valence-electron chi connectivity index (χ3n) is 4.29. The lowest BCUT2D eigenvalue weighted by Gasteiger charge is -2.07. The molecule has 0 spiro atoms. The molecule has 0 radical (unpaired) electrons. The number of hydrogen-bond donors (Lipinski definition) is 2. The molecule has 3 aromatic rings. The lowest BCUT2D eigenvalue weighted by Crippen LogP contribution is -2.30. The first-order valence-corrected chi connectivity index (χ1v) is 9.01. The Morgan fingerprint density at radius 3 is 2.59 bits per heavy atom. The first-order valence-electron chi connectivity index (χ1n) is 8.63. The molecule has 2 aromatic carbocycles. The van der Waals surface area contributed by atoms with Gasteiger partial charge in [0.2, 0.25) is 0 Å². The average Bonchev–Trinajstić information content (AvgIpc) is 2.65. The van der Waals surface area contributed by atoms with Gasteiger partial charge in [-0.2, -0.15) is 5.26 Å². The Bertz CT molecular complexity index is 1040. The van der Waals surface area contributed by atoms with Gasteiger partial charge in [-0.15, -0.1) is 0 Å². The number of H-pyrrole nitrogens is 1. The maximum absolute atomic E-state index is 12.1. The van der Waals surface area contributed by atoms with E-state index in [1.807, 2.05) is 19.9 Å². The molecule has 0 fully saturated rings. The quantitative estimate of drug-likeness (QED) is 0.664. The van der Waals surface area contributed by atoms with Gasteiger partial charge in [-0.3, -0.25) is 10.1 Å². The van der Waals surface area contributed by atoms with Gasteiger partial charge in [0.05, 0.1) is 6.54 Å². The number of nitrogens with zero attached hydrogens (tertiary/aromatic N) is 1. The van der Waals surface area contributed by atoms with Crippen molar-refractivity contribution in [2.45, 2.75) is 13.8 Å². The number of nitriles is 1. The molecule has 0 saturated heterocycles. The van der Waals surface area contributed by atoms with Crippen LogP contribution in [-0.2, 0) is 0 Å². The maximum atomic E-state index is 12.1. The minimum absolute atomic E-state index is 0.164. The topological polar surface area (TPSA) is 79.1 Å². The number of carbonyl (C=O) groups excluding carboxylic acids is 1. The Labute approximate surface area is 163 Å². The van der Waals surface area contributed by atoms with E-state index in [4.69, 9.17) is 11.6 Å². The molecular weight excluding hydrogens is 360 g/mol. The molecule has 1 aromatic heterocycles. The van der Waals surface area contributed by atoms with E-state index in [-0.39, 0.29) is 5.91 Å². The normalized spacial score (nSPS) is 10.4. The van der Waals surface area contributed by atoms with Gasteiger partial charge in [0, 0.05) is 16.0 Å². The van der Waals surface area contributed by atoms with Crippen LogP contribution in [-0.4, -0.2) is 19.0 Å². The van der Waals surface area contributed by atoms with E-state index < -0.39 is 0 Å². The zero-order valence-electron chi connectivity index (χ0n) is 15.2. The van der Waals surface area contributed by atoms with Crippen molar-refractivity contribution in [3.63, 3.8) is 0 Å². The summed E-state index contributed by atoms with van der Waals surface area (Å²) in [5, 5.41) is 17.1. The molecule has 0 aliphatic heterocycles. The van der Waals surface area contributed by atoms with Crippen molar-refractivity contribution in [2.24, 2.45) is 0 Å². The number of anilines is 1. The summed E-state index contributed by atoms with van der Waals surface area (Å²) in [4.78, 5) is 15.4.